The predicted molar refractivity (Wildman–Crippen MR) is 99.6 cm³/mol. The summed E-state index contributed by atoms with van der Waals surface area (Å²) in [5.74, 6) is 0.235. The summed E-state index contributed by atoms with van der Waals surface area (Å²) in [6.07, 6.45) is 4.01. The third-order valence-corrected chi connectivity index (χ3v) is 4.88. The van der Waals surface area contributed by atoms with Crippen LogP contribution in [0.2, 0.25) is 0 Å². The number of rotatable bonds is 10. The minimum Gasteiger partial charge on any atom is -0.481 e. The monoisotopic (exact) mass is 376 g/mol. The molecule has 6 nitrogen and oxygen atoms in total. The maximum Gasteiger partial charge on any atom is 0.306 e. The number of hydrogen-bond donors (Lipinski definition) is 0. The second-order valence-corrected chi connectivity index (χ2v) is 6.82. The number of carbonyl (C=O) groups is 2. The van der Waals surface area contributed by atoms with Crippen molar-refractivity contribution in [2.75, 3.05) is 13.7 Å². The SMILES string of the molecule is CCOC(=O)CC(c1ccc(OC)nc1)c1nc(CCCC(C)=O)cs1. The molecule has 0 fully saturated rings. The van der Waals surface area contributed by atoms with Crippen LogP contribution in [0.15, 0.2) is 23.7 Å². The molecule has 1 unspecified atom stereocenters. The lowest BCUT2D eigenvalue weighted by Crippen LogP contribution is -2.12. The third kappa shape index (κ3) is 5.91. The number of pyridine rings is 1. The van der Waals surface area contributed by atoms with Gasteiger partial charge in [-0.05, 0) is 32.3 Å². The molecule has 0 N–H and O–H groups in total. The zero-order chi connectivity index (χ0) is 18.9. The standard InChI is InChI=1S/C19H24N2O4S/c1-4-25-18(23)10-16(14-8-9-17(24-3)20-11-14)19-21-15(12-26-19)7-5-6-13(2)22/h8-9,11-12,16H,4-7,10H2,1-3H3. The van der Waals surface area contributed by atoms with E-state index in [0.29, 0.717) is 18.9 Å². The van der Waals surface area contributed by atoms with E-state index in [0.717, 1.165) is 29.1 Å². The van der Waals surface area contributed by atoms with Crippen LogP contribution >= 0.6 is 11.3 Å². The zero-order valence-electron chi connectivity index (χ0n) is 15.4. The summed E-state index contributed by atoms with van der Waals surface area (Å²) in [7, 11) is 1.56. The largest absolute Gasteiger partial charge is 0.481 e. The smallest absolute Gasteiger partial charge is 0.306 e. The van der Waals surface area contributed by atoms with Crippen molar-refractivity contribution in [2.45, 2.75) is 45.4 Å². The number of aromatic nitrogens is 2. The van der Waals surface area contributed by atoms with Gasteiger partial charge in [-0.15, -0.1) is 11.3 Å². The van der Waals surface area contributed by atoms with Crippen molar-refractivity contribution in [1.82, 2.24) is 9.97 Å². The first-order valence-corrected chi connectivity index (χ1v) is 9.50. The highest BCUT2D eigenvalue weighted by Gasteiger charge is 2.23. The zero-order valence-corrected chi connectivity index (χ0v) is 16.2. The summed E-state index contributed by atoms with van der Waals surface area (Å²) in [6, 6.07) is 3.67. The molecule has 0 aromatic carbocycles. The average molecular weight is 376 g/mol. The fourth-order valence-corrected chi connectivity index (χ4v) is 3.55. The minimum atomic E-state index is -0.262. The molecule has 0 bridgehead atoms. The topological polar surface area (TPSA) is 78.4 Å². The first-order valence-electron chi connectivity index (χ1n) is 8.62. The number of ketones is 1. The number of esters is 1. The first kappa shape index (κ1) is 20.0. The summed E-state index contributed by atoms with van der Waals surface area (Å²) in [6.45, 7) is 3.73. The van der Waals surface area contributed by atoms with Crippen LogP contribution in [0.3, 0.4) is 0 Å². The summed E-state index contributed by atoms with van der Waals surface area (Å²) in [5, 5.41) is 2.84. The summed E-state index contributed by atoms with van der Waals surface area (Å²) >= 11 is 1.52. The van der Waals surface area contributed by atoms with Crippen molar-refractivity contribution in [3.63, 3.8) is 0 Å². The van der Waals surface area contributed by atoms with Crippen molar-refractivity contribution in [3.05, 3.63) is 40.0 Å². The molecule has 140 valence electrons. The number of methoxy groups -OCH3 is 1. The Morgan fingerprint density at radius 3 is 2.73 bits per heavy atom. The van der Waals surface area contributed by atoms with Gasteiger partial charge in [-0.1, -0.05) is 6.07 Å². The molecule has 0 spiro atoms. The second kappa shape index (κ2) is 10.0. The van der Waals surface area contributed by atoms with Crippen LogP contribution in [0.1, 0.15) is 55.3 Å². The van der Waals surface area contributed by atoms with E-state index in [1.807, 2.05) is 11.4 Å². The Labute approximate surface area is 157 Å². The Hall–Kier alpha value is -2.28. The quantitative estimate of drug-likeness (QED) is 0.590. The van der Waals surface area contributed by atoms with Gasteiger partial charge in [0.15, 0.2) is 0 Å². The van der Waals surface area contributed by atoms with Crippen molar-refractivity contribution in [3.8, 4) is 5.88 Å². The van der Waals surface area contributed by atoms with E-state index in [2.05, 4.69) is 9.97 Å². The van der Waals surface area contributed by atoms with Gasteiger partial charge in [0.05, 0.1) is 25.8 Å². The van der Waals surface area contributed by atoms with Crippen LogP contribution in [0, 0.1) is 0 Å². The van der Waals surface area contributed by atoms with Crippen molar-refractivity contribution < 1.29 is 19.1 Å². The molecule has 26 heavy (non-hydrogen) atoms. The number of carbonyl (C=O) groups excluding carboxylic acids is 2. The van der Waals surface area contributed by atoms with Crippen LogP contribution in [0.25, 0.3) is 0 Å². The molecular formula is C19H24N2O4S. The van der Waals surface area contributed by atoms with E-state index in [1.54, 1.807) is 33.2 Å². The Balaban J connectivity index is 2.18. The lowest BCUT2D eigenvalue weighted by molar-refractivity contribution is -0.143. The van der Waals surface area contributed by atoms with E-state index >= 15 is 0 Å². The van der Waals surface area contributed by atoms with Gasteiger partial charge in [0.25, 0.3) is 0 Å². The van der Waals surface area contributed by atoms with E-state index in [-0.39, 0.29) is 24.1 Å². The Morgan fingerprint density at radius 1 is 1.31 bits per heavy atom. The molecule has 7 heteroatoms. The number of hydrogen-bond acceptors (Lipinski definition) is 7. The second-order valence-electron chi connectivity index (χ2n) is 5.93. The van der Waals surface area contributed by atoms with Gasteiger partial charge in [-0.2, -0.15) is 0 Å². The van der Waals surface area contributed by atoms with Gasteiger partial charge in [0.1, 0.15) is 10.8 Å². The van der Waals surface area contributed by atoms with Crippen LogP contribution in [0.5, 0.6) is 5.88 Å². The van der Waals surface area contributed by atoms with Gasteiger partial charge in [-0.3, -0.25) is 4.79 Å². The highest BCUT2D eigenvalue weighted by atomic mass is 32.1. The lowest BCUT2D eigenvalue weighted by Gasteiger charge is -2.14. The van der Waals surface area contributed by atoms with Gasteiger partial charge >= 0.3 is 5.97 Å². The molecule has 0 saturated carbocycles. The summed E-state index contributed by atoms with van der Waals surface area (Å²) < 4.78 is 10.2. The number of Topliss-reactive ketones (excluding diaryl/α,β-unsaturated/α-hetero) is 1. The Bertz CT molecular complexity index is 727. The number of ether oxygens (including phenoxy) is 2. The molecule has 0 radical (unpaired) electrons. The van der Waals surface area contributed by atoms with E-state index < -0.39 is 0 Å². The van der Waals surface area contributed by atoms with Crippen LogP contribution < -0.4 is 4.74 Å². The van der Waals surface area contributed by atoms with Gasteiger partial charge in [0, 0.05) is 30.0 Å². The van der Waals surface area contributed by atoms with Crippen LogP contribution in [-0.2, 0) is 20.7 Å². The normalized spacial score (nSPS) is 11.8. The Morgan fingerprint density at radius 2 is 2.12 bits per heavy atom. The molecule has 2 rings (SSSR count). The molecule has 0 amide bonds. The molecule has 0 aliphatic heterocycles. The minimum absolute atomic E-state index is 0.185. The summed E-state index contributed by atoms with van der Waals surface area (Å²) in [5.41, 5.74) is 1.84. The highest BCUT2D eigenvalue weighted by molar-refractivity contribution is 7.09. The maximum atomic E-state index is 12.0. The number of thiazole rings is 1. The Kier molecular flexibility index (Phi) is 7.72. The van der Waals surface area contributed by atoms with Crippen molar-refractivity contribution in [1.29, 1.82) is 0 Å². The van der Waals surface area contributed by atoms with Gasteiger partial charge < -0.3 is 14.3 Å². The average Bonchev–Trinajstić information content (AvgIpc) is 3.08. The highest BCUT2D eigenvalue weighted by Crippen LogP contribution is 2.31. The fraction of sp³-hybridized carbons (Fsp3) is 0.474. The molecule has 2 heterocycles. The van der Waals surface area contributed by atoms with E-state index in [1.165, 1.54) is 11.3 Å². The van der Waals surface area contributed by atoms with Crippen molar-refractivity contribution in [2.24, 2.45) is 0 Å². The molecule has 0 aliphatic rings. The first-order chi connectivity index (χ1) is 12.5. The van der Waals surface area contributed by atoms with Crippen LogP contribution in [-0.4, -0.2) is 35.4 Å². The maximum absolute atomic E-state index is 12.0. The number of aryl methyl sites for hydroxylation is 1. The lowest BCUT2D eigenvalue weighted by atomic mass is 9.98. The molecule has 2 aromatic rings. The summed E-state index contributed by atoms with van der Waals surface area (Å²) in [4.78, 5) is 32.0. The molecular weight excluding hydrogens is 352 g/mol. The van der Waals surface area contributed by atoms with Gasteiger partial charge in [-0.25, -0.2) is 9.97 Å². The van der Waals surface area contributed by atoms with E-state index in [4.69, 9.17) is 9.47 Å². The van der Waals surface area contributed by atoms with Gasteiger partial charge in [0.2, 0.25) is 5.88 Å². The molecule has 2 aromatic heterocycles. The number of nitrogens with zero attached hydrogens (tertiary/aromatic N) is 2. The van der Waals surface area contributed by atoms with Crippen molar-refractivity contribution >= 4 is 23.1 Å². The fourth-order valence-electron chi connectivity index (χ4n) is 2.57. The molecule has 1 atom stereocenters. The molecule has 0 saturated heterocycles. The molecule has 0 aliphatic carbocycles. The third-order valence-electron chi connectivity index (χ3n) is 3.88. The van der Waals surface area contributed by atoms with Crippen LogP contribution in [0.4, 0.5) is 0 Å². The van der Waals surface area contributed by atoms with E-state index in [9.17, 15) is 9.59 Å². The predicted octanol–water partition coefficient (Wildman–Crippen LogP) is 3.54.